The number of aromatic nitrogens is 2. The van der Waals surface area contributed by atoms with Crippen molar-refractivity contribution in [3.8, 4) is 0 Å². The van der Waals surface area contributed by atoms with Crippen LogP contribution in [-0.2, 0) is 0 Å². The molecular formula is C17H23ClN4O2. The van der Waals surface area contributed by atoms with Crippen LogP contribution in [0, 0.1) is 5.92 Å². The summed E-state index contributed by atoms with van der Waals surface area (Å²) >= 11 is 0. The highest BCUT2D eigenvalue weighted by molar-refractivity contribution is 6.06. The lowest BCUT2D eigenvalue weighted by molar-refractivity contribution is 0.0943. The third-order valence-corrected chi connectivity index (χ3v) is 4.70. The molecule has 6 nitrogen and oxygen atoms in total. The second-order valence-corrected chi connectivity index (χ2v) is 7.01. The highest BCUT2D eigenvalue weighted by atomic mass is 35.5. The Morgan fingerprint density at radius 3 is 2.75 bits per heavy atom. The lowest BCUT2D eigenvalue weighted by Crippen LogP contribution is -2.48. The Bertz CT molecular complexity index is 750. The first-order chi connectivity index (χ1) is 11.1. The Morgan fingerprint density at radius 2 is 2.17 bits per heavy atom. The molecule has 2 N–H and O–H groups in total. The minimum atomic E-state index is -0.0451. The van der Waals surface area contributed by atoms with Crippen LogP contribution in [-0.4, -0.2) is 35.7 Å². The van der Waals surface area contributed by atoms with E-state index < -0.39 is 0 Å². The summed E-state index contributed by atoms with van der Waals surface area (Å²) in [4.78, 5) is 17.3. The van der Waals surface area contributed by atoms with Crippen LogP contribution in [0.1, 0.15) is 60.3 Å². The van der Waals surface area contributed by atoms with Crippen molar-refractivity contribution in [1.82, 2.24) is 20.8 Å². The zero-order chi connectivity index (χ0) is 16.0. The van der Waals surface area contributed by atoms with E-state index in [9.17, 15) is 4.79 Å². The van der Waals surface area contributed by atoms with Gasteiger partial charge in [0.15, 0.2) is 0 Å². The number of hydrogen-bond donors (Lipinski definition) is 2. The molecule has 1 saturated heterocycles. The van der Waals surface area contributed by atoms with Crippen LogP contribution in [0.2, 0.25) is 0 Å². The van der Waals surface area contributed by atoms with Crippen molar-refractivity contribution in [2.75, 3.05) is 19.6 Å². The maximum Gasteiger partial charge on any atom is 0.259 e. The summed E-state index contributed by atoms with van der Waals surface area (Å²) in [6.07, 6.45) is 2.27. The average Bonchev–Trinajstić information content (AvgIpc) is 3.23. The van der Waals surface area contributed by atoms with E-state index in [0.717, 1.165) is 42.7 Å². The number of carbonyl (C=O) groups is 1. The zero-order valence-corrected chi connectivity index (χ0v) is 14.8. The fraction of sp³-hybridized carbons (Fsp3) is 0.588. The predicted molar refractivity (Wildman–Crippen MR) is 93.8 cm³/mol. The number of nitrogens with zero attached hydrogens (tertiary/aromatic N) is 2. The lowest BCUT2D eigenvalue weighted by Gasteiger charge is -2.27. The highest BCUT2D eigenvalue weighted by Crippen LogP contribution is 2.41. The second kappa shape index (κ2) is 6.69. The molecule has 2 aliphatic rings. The molecule has 1 aliphatic heterocycles. The van der Waals surface area contributed by atoms with Gasteiger partial charge in [-0.05, 0) is 24.8 Å². The Hall–Kier alpha value is -1.66. The van der Waals surface area contributed by atoms with Gasteiger partial charge in [-0.25, -0.2) is 4.98 Å². The molecule has 2 fully saturated rings. The van der Waals surface area contributed by atoms with Crippen molar-refractivity contribution >= 4 is 29.4 Å². The van der Waals surface area contributed by atoms with Crippen molar-refractivity contribution < 1.29 is 9.32 Å². The lowest BCUT2D eigenvalue weighted by atomic mass is 10.0. The largest absolute Gasteiger partial charge is 0.352 e. The van der Waals surface area contributed by atoms with Crippen LogP contribution in [0.15, 0.2) is 10.6 Å². The van der Waals surface area contributed by atoms with Crippen LogP contribution in [0.5, 0.6) is 0 Å². The summed E-state index contributed by atoms with van der Waals surface area (Å²) < 4.78 is 5.43. The smallest absolute Gasteiger partial charge is 0.259 e. The molecule has 0 unspecified atom stereocenters. The summed E-state index contributed by atoms with van der Waals surface area (Å²) in [6.45, 7) is 6.76. The SMILES string of the molecule is CC(C)c1noc2nc(C3CC3)cc(C(=O)NCC3CNC3)c12.Cl. The quantitative estimate of drug-likeness (QED) is 0.866. The second-order valence-electron chi connectivity index (χ2n) is 7.01. The standard InChI is InChI=1S/C17H22N4O2.ClH/c1-9(2)15-14-12(16(22)19-8-10-6-18-7-10)5-13(11-3-4-11)20-17(14)23-21-15;/h5,9-11,18H,3-4,6-8H2,1-2H3,(H,19,22);1H. The van der Waals surface area contributed by atoms with E-state index in [1.807, 2.05) is 19.9 Å². The van der Waals surface area contributed by atoms with Gasteiger partial charge in [0.25, 0.3) is 11.6 Å². The van der Waals surface area contributed by atoms with Crippen molar-refractivity contribution in [1.29, 1.82) is 0 Å². The fourth-order valence-corrected chi connectivity index (χ4v) is 2.98. The Kier molecular flexibility index (Phi) is 4.78. The van der Waals surface area contributed by atoms with Gasteiger partial charge in [0.05, 0.1) is 16.6 Å². The number of rotatable bonds is 5. The van der Waals surface area contributed by atoms with Gasteiger partial charge >= 0.3 is 0 Å². The van der Waals surface area contributed by atoms with Crippen LogP contribution in [0.4, 0.5) is 0 Å². The monoisotopic (exact) mass is 350 g/mol. The third-order valence-electron chi connectivity index (χ3n) is 4.70. The van der Waals surface area contributed by atoms with E-state index >= 15 is 0 Å². The van der Waals surface area contributed by atoms with Gasteiger partial charge in [-0.1, -0.05) is 19.0 Å². The number of fused-ring (bicyclic) bond motifs is 1. The average molecular weight is 351 g/mol. The zero-order valence-electron chi connectivity index (χ0n) is 14.0. The molecule has 0 aromatic carbocycles. The summed E-state index contributed by atoms with van der Waals surface area (Å²) in [5, 5.41) is 11.2. The van der Waals surface area contributed by atoms with Crippen molar-refractivity contribution in [3.05, 3.63) is 23.0 Å². The predicted octanol–water partition coefficient (Wildman–Crippen LogP) is 2.59. The van der Waals surface area contributed by atoms with Crippen LogP contribution in [0.25, 0.3) is 11.1 Å². The number of halogens is 1. The molecule has 0 atom stereocenters. The molecule has 2 aromatic heterocycles. The van der Waals surface area contributed by atoms with Gasteiger partial charge in [-0.15, -0.1) is 12.4 Å². The number of amides is 1. The molecule has 4 rings (SSSR count). The van der Waals surface area contributed by atoms with Crippen molar-refractivity contribution in [2.45, 2.75) is 38.5 Å². The molecule has 7 heteroatoms. The third kappa shape index (κ3) is 3.13. The van der Waals surface area contributed by atoms with E-state index in [0.29, 0.717) is 29.7 Å². The molecule has 1 aliphatic carbocycles. The van der Waals surface area contributed by atoms with E-state index in [1.165, 1.54) is 0 Å². The molecule has 24 heavy (non-hydrogen) atoms. The molecule has 0 spiro atoms. The number of hydrogen-bond acceptors (Lipinski definition) is 5. The highest BCUT2D eigenvalue weighted by Gasteiger charge is 2.29. The first-order valence-corrected chi connectivity index (χ1v) is 8.42. The molecular weight excluding hydrogens is 328 g/mol. The Balaban J connectivity index is 0.00000169. The summed E-state index contributed by atoms with van der Waals surface area (Å²) in [5.74, 6) is 1.14. The molecule has 1 amide bonds. The summed E-state index contributed by atoms with van der Waals surface area (Å²) in [7, 11) is 0. The van der Waals surface area contributed by atoms with E-state index in [1.54, 1.807) is 0 Å². The van der Waals surface area contributed by atoms with Gasteiger partial charge in [0.1, 0.15) is 0 Å². The molecule has 2 aromatic rings. The molecule has 0 radical (unpaired) electrons. The van der Waals surface area contributed by atoms with E-state index in [-0.39, 0.29) is 24.2 Å². The molecule has 0 bridgehead atoms. The first kappa shape index (κ1) is 17.2. The first-order valence-electron chi connectivity index (χ1n) is 8.42. The van der Waals surface area contributed by atoms with Crippen LogP contribution >= 0.6 is 12.4 Å². The van der Waals surface area contributed by atoms with Crippen molar-refractivity contribution in [2.24, 2.45) is 5.92 Å². The normalized spacial score (nSPS) is 17.6. The summed E-state index contributed by atoms with van der Waals surface area (Å²) in [5.41, 5.74) is 2.92. The van der Waals surface area contributed by atoms with Gasteiger partial charge in [0, 0.05) is 37.2 Å². The fourth-order valence-electron chi connectivity index (χ4n) is 2.98. The maximum atomic E-state index is 12.7. The van der Waals surface area contributed by atoms with E-state index in [2.05, 4.69) is 20.8 Å². The maximum absolute atomic E-state index is 12.7. The van der Waals surface area contributed by atoms with Gasteiger partial charge < -0.3 is 15.2 Å². The minimum absolute atomic E-state index is 0. The van der Waals surface area contributed by atoms with Crippen molar-refractivity contribution in [3.63, 3.8) is 0 Å². The molecule has 3 heterocycles. The number of nitrogens with one attached hydrogen (secondary N) is 2. The molecule has 1 saturated carbocycles. The Labute approximate surface area is 147 Å². The Morgan fingerprint density at radius 1 is 1.42 bits per heavy atom. The van der Waals surface area contributed by atoms with Crippen LogP contribution < -0.4 is 10.6 Å². The van der Waals surface area contributed by atoms with Gasteiger partial charge in [0.2, 0.25) is 0 Å². The van der Waals surface area contributed by atoms with Gasteiger partial charge in [-0.3, -0.25) is 4.79 Å². The number of pyridine rings is 1. The topological polar surface area (TPSA) is 80.0 Å². The van der Waals surface area contributed by atoms with E-state index in [4.69, 9.17) is 4.52 Å². The van der Waals surface area contributed by atoms with Crippen LogP contribution in [0.3, 0.4) is 0 Å². The minimum Gasteiger partial charge on any atom is -0.352 e. The summed E-state index contributed by atoms with van der Waals surface area (Å²) in [6, 6.07) is 1.94. The number of carbonyl (C=O) groups excluding carboxylic acids is 1. The molecule has 130 valence electrons. The van der Waals surface area contributed by atoms with Gasteiger partial charge in [-0.2, -0.15) is 0 Å².